The summed E-state index contributed by atoms with van der Waals surface area (Å²) in [5.74, 6) is 1.51. The Balaban J connectivity index is 1.53. The molecule has 9 nitrogen and oxygen atoms in total. The van der Waals surface area contributed by atoms with E-state index in [1.807, 2.05) is 37.3 Å². The fourth-order valence-corrected chi connectivity index (χ4v) is 5.54. The Kier molecular flexibility index (Phi) is 7.94. The maximum atomic E-state index is 10.7. The van der Waals surface area contributed by atoms with E-state index in [0.29, 0.717) is 34.8 Å². The molecule has 178 valence electrons. The number of halogens is 1. The molecule has 3 N–H and O–H groups in total. The molecule has 11 heteroatoms. The molecule has 5 atom stereocenters. The summed E-state index contributed by atoms with van der Waals surface area (Å²) in [7, 11) is -0.856. The van der Waals surface area contributed by atoms with E-state index in [1.54, 1.807) is 29.8 Å². The van der Waals surface area contributed by atoms with Crippen LogP contribution in [0.25, 0.3) is 5.69 Å². The van der Waals surface area contributed by atoms with Gasteiger partial charge < -0.3 is 20.5 Å². The minimum atomic E-state index is -1.01. The lowest BCUT2D eigenvalue weighted by atomic mass is 10.1. The third-order valence-electron chi connectivity index (χ3n) is 5.54. The van der Waals surface area contributed by atoms with Gasteiger partial charge in [-0.1, -0.05) is 41.1 Å². The van der Waals surface area contributed by atoms with Gasteiger partial charge in [0.05, 0.1) is 31.6 Å². The van der Waals surface area contributed by atoms with E-state index in [9.17, 15) is 10.4 Å². The maximum absolute atomic E-state index is 10.7. The Labute approximate surface area is 207 Å². The summed E-state index contributed by atoms with van der Waals surface area (Å²) in [6.07, 6.45) is -1.39. The van der Waals surface area contributed by atoms with Crippen LogP contribution < -0.4 is 10.6 Å². The second kappa shape index (κ2) is 10.9. The minimum Gasteiger partial charge on any atom is -0.389 e. The fourth-order valence-electron chi connectivity index (χ4n) is 3.57. The molecule has 4 rings (SSSR count). The van der Waals surface area contributed by atoms with Crippen LogP contribution in [0.3, 0.4) is 0 Å². The predicted octanol–water partition coefficient (Wildman–Crippen LogP) is 3.77. The summed E-state index contributed by atoms with van der Waals surface area (Å²) in [5, 5.41) is 24.8. The Morgan fingerprint density at radius 3 is 2.76 bits per heavy atom. The third kappa shape index (κ3) is 5.31. The van der Waals surface area contributed by atoms with Gasteiger partial charge in [0.2, 0.25) is 0 Å². The number of hydrogen-bond donors (Lipinski definition) is 2. The first-order valence-electron chi connectivity index (χ1n) is 10.7. The first-order valence-corrected chi connectivity index (χ1v) is 13.1. The van der Waals surface area contributed by atoms with Gasteiger partial charge in [0.1, 0.15) is 18.0 Å². The number of nitrogens with two attached hydrogens (primary N) is 1. The second-order valence-electron chi connectivity index (χ2n) is 7.91. The molecular weight excluding hydrogens is 521 g/mol. The van der Waals surface area contributed by atoms with Crippen LogP contribution in [0.15, 0.2) is 53.0 Å². The molecule has 0 radical (unpaired) electrons. The molecule has 0 saturated carbocycles. The van der Waals surface area contributed by atoms with Crippen LogP contribution in [0.5, 0.6) is 5.75 Å². The molecule has 0 bridgehead atoms. The standard InChI is InChI=1S/C23H25BrN5O4P/c1-14-21(13-34(14)33-32-18-6-4-3-5-7-18)31-22(20(30)12-26)23-27-15(2)28-29(23)19-10-17(24)9-8-16(19)11-25/h3-10,14,20-22,30H,12-13,26H2,1-2H3/t14?,20-,21?,22?,34?/m0/s1. The lowest BCUT2D eigenvalue weighted by molar-refractivity contribution is -0.112. The molecule has 1 fully saturated rings. The number of ether oxygens (including phenoxy) is 1. The molecular formula is C23H25BrN5O4P. The number of aryl methyl sites for hydroxylation is 1. The smallest absolute Gasteiger partial charge is 0.165 e. The highest BCUT2D eigenvalue weighted by molar-refractivity contribution is 9.10. The number of rotatable bonds is 9. The van der Waals surface area contributed by atoms with Gasteiger partial charge >= 0.3 is 0 Å². The summed E-state index contributed by atoms with van der Waals surface area (Å²) >= 11 is 3.45. The normalized spacial score (nSPS) is 21.4. The molecule has 0 aliphatic carbocycles. The van der Waals surface area contributed by atoms with E-state index in [0.717, 1.165) is 4.47 Å². The minimum absolute atomic E-state index is 0.0242. The van der Waals surface area contributed by atoms with Crippen molar-refractivity contribution in [2.45, 2.75) is 37.8 Å². The topological polar surface area (TPSA) is 128 Å². The number of hydrogen-bond acceptors (Lipinski definition) is 8. The molecule has 34 heavy (non-hydrogen) atoms. The van der Waals surface area contributed by atoms with Gasteiger partial charge in [0, 0.05) is 22.8 Å². The molecule has 1 aromatic heterocycles. The van der Waals surface area contributed by atoms with E-state index in [2.05, 4.69) is 32.1 Å². The van der Waals surface area contributed by atoms with Crippen molar-refractivity contribution in [1.29, 1.82) is 5.26 Å². The number of aliphatic hydroxyl groups is 1. The van der Waals surface area contributed by atoms with Gasteiger partial charge in [-0.25, -0.2) is 9.67 Å². The zero-order valence-corrected chi connectivity index (χ0v) is 21.2. The fraction of sp³-hybridized carbons (Fsp3) is 0.348. The van der Waals surface area contributed by atoms with Gasteiger partial charge in [-0.15, -0.1) is 0 Å². The number of aromatic nitrogens is 3. The molecule has 0 amide bonds. The van der Waals surface area contributed by atoms with Gasteiger partial charge in [-0.3, -0.25) is 0 Å². The van der Waals surface area contributed by atoms with Gasteiger partial charge in [-0.05, 0) is 37.3 Å². The van der Waals surface area contributed by atoms with Crippen molar-refractivity contribution < 1.29 is 19.4 Å². The van der Waals surface area contributed by atoms with E-state index in [4.69, 9.17) is 20.0 Å². The van der Waals surface area contributed by atoms with Crippen LogP contribution in [-0.2, 0) is 9.41 Å². The quantitative estimate of drug-likeness (QED) is 0.236. The Morgan fingerprint density at radius 2 is 2.09 bits per heavy atom. The van der Waals surface area contributed by atoms with Crippen LogP contribution in [0, 0.1) is 18.3 Å². The van der Waals surface area contributed by atoms with Crippen molar-refractivity contribution in [3.8, 4) is 17.5 Å². The van der Waals surface area contributed by atoms with E-state index < -0.39 is 20.4 Å². The lowest BCUT2D eigenvalue weighted by Crippen LogP contribution is -2.44. The zero-order valence-electron chi connectivity index (χ0n) is 18.7. The van der Waals surface area contributed by atoms with Crippen LogP contribution in [0.2, 0.25) is 0 Å². The van der Waals surface area contributed by atoms with E-state index in [-0.39, 0.29) is 18.3 Å². The monoisotopic (exact) mass is 545 g/mol. The van der Waals surface area contributed by atoms with E-state index >= 15 is 0 Å². The Morgan fingerprint density at radius 1 is 1.32 bits per heavy atom. The molecule has 1 aliphatic rings. The summed E-state index contributed by atoms with van der Waals surface area (Å²) in [6.45, 7) is 3.75. The molecule has 2 aromatic carbocycles. The number of aliphatic hydroxyl groups excluding tert-OH is 1. The van der Waals surface area contributed by atoms with Crippen molar-refractivity contribution in [2.24, 2.45) is 5.73 Å². The molecule has 2 heterocycles. The molecule has 1 aliphatic heterocycles. The Bertz CT molecular complexity index is 1170. The third-order valence-corrected chi connectivity index (χ3v) is 8.26. The van der Waals surface area contributed by atoms with Crippen molar-refractivity contribution in [1.82, 2.24) is 14.8 Å². The number of para-hydroxylation sites is 1. The van der Waals surface area contributed by atoms with Crippen molar-refractivity contribution in [3.63, 3.8) is 0 Å². The molecule has 3 aromatic rings. The Hall–Kier alpha value is -2.38. The first kappa shape index (κ1) is 24.7. The highest BCUT2D eigenvalue weighted by Crippen LogP contribution is 2.56. The lowest BCUT2D eigenvalue weighted by Gasteiger charge is -2.42. The SMILES string of the molecule is Cc1nc(C(OC2CP(OOc3ccccc3)C2C)[C@@H](O)CN)n(-c2cc(Br)ccc2C#N)n1. The average Bonchev–Trinajstić information content (AvgIpc) is 3.24. The van der Waals surface area contributed by atoms with Gasteiger partial charge in [0.15, 0.2) is 11.6 Å². The van der Waals surface area contributed by atoms with Crippen LogP contribution in [0.1, 0.15) is 30.2 Å². The zero-order chi connectivity index (χ0) is 24.2. The van der Waals surface area contributed by atoms with Crippen LogP contribution in [-0.4, -0.2) is 50.4 Å². The molecule has 0 spiro atoms. The van der Waals surface area contributed by atoms with Gasteiger partial charge in [-0.2, -0.15) is 15.0 Å². The van der Waals surface area contributed by atoms with Crippen molar-refractivity contribution in [3.05, 3.63) is 70.2 Å². The van der Waals surface area contributed by atoms with Crippen LogP contribution in [0.4, 0.5) is 0 Å². The van der Waals surface area contributed by atoms with Gasteiger partial charge in [0.25, 0.3) is 0 Å². The largest absolute Gasteiger partial charge is 0.389 e. The molecule has 1 saturated heterocycles. The van der Waals surface area contributed by atoms with Crippen LogP contribution >= 0.6 is 24.1 Å². The second-order valence-corrected chi connectivity index (χ2v) is 11.0. The summed E-state index contributed by atoms with van der Waals surface area (Å²) in [6, 6.07) is 16.8. The maximum Gasteiger partial charge on any atom is 0.165 e. The average molecular weight is 546 g/mol. The molecule has 4 unspecified atom stereocenters. The number of benzene rings is 2. The van der Waals surface area contributed by atoms with E-state index in [1.165, 1.54) is 0 Å². The summed E-state index contributed by atoms with van der Waals surface area (Å²) in [5.41, 5.74) is 6.84. The summed E-state index contributed by atoms with van der Waals surface area (Å²) < 4.78 is 14.3. The predicted molar refractivity (Wildman–Crippen MR) is 131 cm³/mol. The first-order chi connectivity index (χ1) is 16.4. The summed E-state index contributed by atoms with van der Waals surface area (Å²) in [4.78, 5) is 9.98. The van der Waals surface area contributed by atoms with Crippen molar-refractivity contribution in [2.75, 3.05) is 12.7 Å². The highest BCUT2D eigenvalue weighted by atomic mass is 79.9. The highest BCUT2D eigenvalue weighted by Gasteiger charge is 2.44. The number of nitriles is 1. The number of nitrogens with zero attached hydrogens (tertiary/aromatic N) is 4. The van der Waals surface area contributed by atoms with Crippen molar-refractivity contribution >= 4 is 24.1 Å².